The fourth-order valence-electron chi connectivity index (χ4n) is 1.61. The van der Waals surface area contributed by atoms with Crippen LogP contribution in [0.15, 0.2) is 34.2 Å². The number of thiazole rings is 3. The SMILES string of the molecule is C.C.CC(C)(C)c1cscn1.CC(C)c1cncs1.CC(C)c1nccs1. The van der Waals surface area contributed by atoms with Gasteiger partial charge in [-0.2, -0.15) is 0 Å². The lowest BCUT2D eigenvalue weighted by molar-refractivity contribution is 0.573. The number of nitrogens with zero attached hydrogens (tertiary/aromatic N) is 3. The molecule has 0 saturated carbocycles. The van der Waals surface area contributed by atoms with Crippen LogP contribution in [0.3, 0.4) is 0 Å². The van der Waals surface area contributed by atoms with Crippen LogP contribution >= 0.6 is 34.0 Å². The smallest absolute Gasteiger partial charge is 0.0950 e. The van der Waals surface area contributed by atoms with Gasteiger partial charge in [0, 0.05) is 39.4 Å². The van der Waals surface area contributed by atoms with Gasteiger partial charge >= 0.3 is 0 Å². The van der Waals surface area contributed by atoms with Crippen molar-refractivity contribution >= 4 is 34.0 Å². The van der Waals surface area contributed by atoms with Crippen LogP contribution in [-0.2, 0) is 5.41 Å². The first-order valence-corrected chi connectivity index (χ1v) is 11.1. The predicted molar refractivity (Wildman–Crippen MR) is 127 cm³/mol. The van der Waals surface area contributed by atoms with E-state index in [-0.39, 0.29) is 20.3 Å². The van der Waals surface area contributed by atoms with Gasteiger partial charge in [0.25, 0.3) is 0 Å². The Morgan fingerprint density at radius 1 is 0.889 bits per heavy atom. The van der Waals surface area contributed by atoms with Crippen LogP contribution in [0.5, 0.6) is 0 Å². The fraction of sp³-hybridized carbons (Fsp3) is 0.571. The summed E-state index contributed by atoms with van der Waals surface area (Å²) in [7, 11) is 0. The number of hydrogen-bond acceptors (Lipinski definition) is 6. The van der Waals surface area contributed by atoms with Gasteiger partial charge in [0.05, 0.1) is 21.7 Å². The maximum atomic E-state index is 4.21. The predicted octanol–water partition coefficient (Wildman–Crippen LogP) is 8.25. The van der Waals surface area contributed by atoms with Gasteiger partial charge in [-0.25, -0.2) is 9.97 Å². The zero-order valence-corrected chi connectivity index (χ0v) is 18.6. The molecule has 0 aliphatic rings. The monoisotopic (exact) mass is 427 g/mol. The molecule has 0 N–H and O–H groups in total. The second-order valence-electron chi connectivity index (χ2n) is 7.21. The first-order valence-electron chi connectivity index (χ1n) is 8.38. The van der Waals surface area contributed by atoms with Gasteiger partial charge in [0.2, 0.25) is 0 Å². The van der Waals surface area contributed by atoms with Crippen LogP contribution in [0, 0.1) is 0 Å². The van der Waals surface area contributed by atoms with Crippen molar-refractivity contribution in [3.63, 3.8) is 0 Å². The lowest BCUT2D eigenvalue weighted by Gasteiger charge is -2.13. The molecule has 0 bridgehead atoms. The summed E-state index contributed by atoms with van der Waals surface area (Å²) >= 11 is 5.10. The molecule has 154 valence electrons. The normalized spacial score (nSPS) is 10.1. The molecule has 0 aliphatic heterocycles. The minimum atomic E-state index is 0. The van der Waals surface area contributed by atoms with E-state index in [2.05, 4.69) is 68.8 Å². The van der Waals surface area contributed by atoms with E-state index in [0.29, 0.717) is 11.8 Å². The Kier molecular flexibility index (Phi) is 14.5. The highest BCUT2D eigenvalue weighted by Gasteiger charge is 2.14. The number of hydrogen-bond donors (Lipinski definition) is 0. The molecule has 0 radical (unpaired) electrons. The molecule has 0 unspecified atom stereocenters. The largest absolute Gasteiger partial charge is 0.253 e. The maximum absolute atomic E-state index is 4.21. The number of aromatic nitrogens is 3. The van der Waals surface area contributed by atoms with Gasteiger partial charge in [-0.15, -0.1) is 34.0 Å². The highest BCUT2D eigenvalue weighted by molar-refractivity contribution is 7.09. The Morgan fingerprint density at radius 2 is 1.56 bits per heavy atom. The lowest BCUT2D eigenvalue weighted by atomic mass is 9.93. The lowest BCUT2D eigenvalue weighted by Crippen LogP contribution is -2.10. The minimum Gasteiger partial charge on any atom is -0.253 e. The maximum Gasteiger partial charge on any atom is 0.0950 e. The zero-order valence-electron chi connectivity index (χ0n) is 16.2. The third-order valence-electron chi connectivity index (χ3n) is 3.17. The van der Waals surface area contributed by atoms with Crippen molar-refractivity contribution in [2.24, 2.45) is 0 Å². The van der Waals surface area contributed by atoms with Crippen LogP contribution < -0.4 is 0 Å². The molecular formula is C21H37N3S3. The molecule has 0 aliphatic carbocycles. The molecule has 0 spiro atoms. The first kappa shape index (κ1) is 28.1. The van der Waals surface area contributed by atoms with E-state index in [4.69, 9.17) is 0 Å². The van der Waals surface area contributed by atoms with Crippen LogP contribution in [0.25, 0.3) is 0 Å². The third kappa shape index (κ3) is 11.4. The van der Waals surface area contributed by atoms with E-state index in [9.17, 15) is 0 Å². The summed E-state index contributed by atoms with van der Waals surface area (Å²) < 4.78 is 0. The summed E-state index contributed by atoms with van der Waals surface area (Å²) in [6, 6.07) is 0. The summed E-state index contributed by atoms with van der Waals surface area (Å²) in [5, 5.41) is 5.33. The molecule has 3 aromatic heterocycles. The summed E-state index contributed by atoms with van der Waals surface area (Å²) in [5.74, 6) is 1.23. The van der Waals surface area contributed by atoms with E-state index in [1.165, 1.54) is 15.6 Å². The van der Waals surface area contributed by atoms with Gasteiger partial charge in [-0.1, -0.05) is 63.3 Å². The van der Waals surface area contributed by atoms with Crippen LogP contribution in [0.4, 0.5) is 0 Å². The second kappa shape index (κ2) is 14.0. The molecule has 3 rings (SSSR count). The third-order valence-corrected chi connectivity index (χ3v) is 5.91. The molecule has 0 amide bonds. The van der Waals surface area contributed by atoms with Gasteiger partial charge in [-0.05, 0) is 5.92 Å². The highest BCUT2D eigenvalue weighted by atomic mass is 32.1. The molecule has 3 aromatic rings. The van der Waals surface area contributed by atoms with Crippen molar-refractivity contribution in [3.05, 3.63) is 49.8 Å². The van der Waals surface area contributed by atoms with E-state index >= 15 is 0 Å². The molecule has 0 saturated heterocycles. The summed E-state index contributed by atoms with van der Waals surface area (Å²) in [4.78, 5) is 13.7. The quantitative estimate of drug-likeness (QED) is 0.413. The molecule has 0 atom stereocenters. The van der Waals surface area contributed by atoms with Crippen LogP contribution in [0.1, 0.15) is 90.7 Å². The van der Waals surface area contributed by atoms with Crippen molar-refractivity contribution in [3.8, 4) is 0 Å². The van der Waals surface area contributed by atoms with Gasteiger partial charge in [-0.3, -0.25) is 4.98 Å². The highest BCUT2D eigenvalue weighted by Crippen LogP contribution is 2.20. The van der Waals surface area contributed by atoms with Gasteiger partial charge < -0.3 is 0 Å². The molecule has 3 heterocycles. The minimum absolute atomic E-state index is 0. The van der Waals surface area contributed by atoms with Crippen LogP contribution in [-0.4, -0.2) is 15.0 Å². The van der Waals surface area contributed by atoms with Gasteiger partial charge in [0.15, 0.2) is 0 Å². The average Bonchev–Trinajstić information content (AvgIpc) is 3.28. The molecule has 3 nitrogen and oxygen atoms in total. The Labute approximate surface area is 179 Å². The van der Waals surface area contributed by atoms with Crippen molar-refractivity contribution in [1.82, 2.24) is 15.0 Å². The van der Waals surface area contributed by atoms with E-state index in [1.54, 1.807) is 34.0 Å². The fourth-order valence-corrected chi connectivity index (χ4v) is 3.68. The zero-order chi connectivity index (χ0) is 18.9. The Balaban J connectivity index is 0. The van der Waals surface area contributed by atoms with Crippen molar-refractivity contribution in [2.45, 2.75) is 80.6 Å². The molecule has 0 aromatic carbocycles. The van der Waals surface area contributed by atoms with Crippen molar-refractivity contribution in [2.75, 3.05) is 0 Å². The van der Waals surface area contributed by atoms with Gasteiger partial charge in [0.1, 0.15) is 0 Å². The standard InChI is InChI=1S/C7H11NS.2C6H9NS.2CH4/c1-7(2,3)6-4-9-5-8-6;1-5(2)6-3-7-4-8-6;1-5(2)6-7-3-4-8-6;;/h4-5H,1-3H3;2*3-5H,1-2H3;2*1H4. The Hall–Kier alpha value is -1.11. The van der Waals surface area contributed by atoms with Crippen LogP contribution in [0.2, 0.25) is 0 Å². The Bertz CT molecular complexity index is 612. The topological polar surface area (TPSA) is 38.7 Å². The Morgan fingerprint density at radius 3 is 1.78 bits per heavy atom. The van der Waals surface area contributed by atoms with E-state index in [1.807, 2.05) is 28.8 Å². The molecule has 27 heavy (non-hydrogen) atoms. The molecule has 6 heteroatoms. The van der Waals surface area contributed by atoms with Crippen molar-refractivity contribution < 1.29 is 0 Å². The second-order valence-corrected chi connectivity index (χ2v) is 9.77. The van der Waals surface area contributed by atoms with Crippen molar-refractivity contribution in [1.29, 1.82) is 0 Å². The molecular weight excluding hydrogens is 390 g/mol. The number of rotatable bonds is 2. The summed E-state index contributed by atoms with van der Waals surface area (Å²) in [5.41, 5.74) is 5.16. The van der Waals surface area contributed by atoms with E-state index in [0.717, 1.165) is 0 Å². The van der Waals surface area contributed by atoms with E-state index < -0.39 is 0 Å². The first-order chi connectivity index (χ1) is 11.7. The summed E-state index contributed by atoms with van der Waals surface area (Å²) in [6.07, 6.45) is 3.77. The molecule has 0 fully saturated rings. The summed E-state index contributed by atoms with van der Waals surface area (Å²) in [6.45, 7) is 15.2. The average molecular weight is 428 g/mol.